The van der Waals surface area contributed by atoms with Crippen LogP contribution in [0.1, 0.15) is 260 Å². The number of hydrogen-bond acceptors (Lipinski definition) is 11. The molecule has 0 amide bonds. The van der Waals surface area contributed by atoms with Crippen molar-refractivity contribution in [1.29, 1.82) is 10.5 Å². The number of carbonyl (C=O) groups is 2. The van der Waals surface area contributed by atoms with E-state index < -0.39 is 34.8 Å². The van der Waals surface area contributed by atoms with Gasteiger partial charge in [0.15, 0.2) is 0 Å². The molecule has 9 aromatic heterocycles. The van der Waals surface area contributed by atoms with Gasteiger partial charge in [0, 0.05) is 0 Å². The molecule has 0 fully saturated rings. The van der Waals surface area contributed by atoms with Gasteiger partial charge in [-0.05, 0) is 0 Å². The molecule has 9 heterocycles. The second-order valence-corrected chi connectivity index (χ2v) is 39.3. The van der Waals surface area contributed by atoms with Gasteiger partial charge in [-0.2, -0.15) is 0 Å². The van der Waals surface area contributed by atoms with Gasteiger partial charge in [0.25, 0.3) is 0 Å². The van der Waals surface area contributed by atoms with Gasteiger partial charge >= 0.3 is 658 Å². The number of benzene rings is 3. The van der Waals surface area contributed by atoms with Crippen LogP contribution in [-0.4, -0.2) is 58.5 Å². The summed E-state index contributed by atoms with van der Waals surface area (Å²) >= 11 is 8.23. The molecule has 0 spiro atoms. The van der Waals surface area contributed by atoms with E-state index in [4.69, 9.17) is 21.9 Å². The number of unbranched alkanes of at least 4 members (excludes halogenated alkanes) is 18. The Bertz CT molecular complexity index is 5540. The van der Waals surface area contributed by atoms with E-state index in [0.29, 0.717) is 11.8 Å². The van der Waals surface area contributed by atoms with E-state index >= 15 is 0 Å². The number of halogens is 4. The first kappa shape index (κ1) is 80.0. The monoisotopic (exact) mass is 1710 g/mol. The number of allylic oxidation sites excluding steroid dienone is 6. The van der Waals surface area contributed by atoms with E-state index in [1.54, 1.807) is 12.2 Å². The zero-order valence-electron chi connectivity index (χ0n) is 63.9. The first-order chi connectivity index (χ1) is 54.2. The zero-order chi connectivity index (χ0) is 77.7. The van der Waals surface area contributed by atoms with Gasteiger partial charge in [0.05, 0.1) is 0 Å². The van der Waals surface area contributed by atoms with Crippen LogP contribution in [-0.2, 0) is 25.9 Å². The molecular weight excluding hydrogens is 1620 g/mol. The predicted octanol–water partition coefficient (Wildman–Crippen LogP) is 27.9. The minimum absolute atomic E-state index is 0.0376. The SMILES string of the molecule is [C-]#[N+]C(C#N)=C1/C(=C/c2ccc(-c3sc4c(sc5c6c7nsnc7c7c8sc9c(CCCCCCCCCCC)c(-c%10ccc(/C=C%11\C(=O)c%12cc(F)c(F)cc%12\C%11=C(\C#N)[N+]#[C-])[se]%10)sc9c8n(CC(CC)CCCC)c7c6n(CC(CC)CCCC)c45)c3CCCCCCCCCCC)[se]2)C(=O)c2cc(F)c(F)cc21. The van der Waals surface area contributed by atoms with Crippen LogP contribution in [0, 0.1) is 70.9 Å². The number of nitrogens with zero attached hydrogens (tertiary/aromatic N) is 8. The molecule has 14 rings (SSSR count). The molecule has 0 N–H and O–H groups in total. The Kier molecular flexibility index (Phi) is 25.8. The zero-order valence-corrected chi connectivity index (χ0v) is 71.4. The number of fused-ring (bicyclic) bond motifs is 16. The van der Waals surface area contributed by atoms with Crippen LogP contribution in [0.5, 0.6) is 0 Å². The molecule has 2 atom stereocenters. The summed E-state index contributed by atoms with van der Waals surface area (Å²) in [5.41, 5.74) is 9.06. The van der Waals surface area contributed by atoms with E-state index in [9.17, 15) is 37.7 Å². The van der Waals surface area contributed by atoms with Gasteiger partial charge in [-0.3, -0.25) is 0 Å². The topological polar surface area (TPSA) is 126 Å². The Morgan fingerprint density at radius 1 is 0.477 bits per heavy atom. The Labute approximate surface area is 679 Å². The Morgan fingerprint density at radius 2 is 0.838 bits per heavy atom. The fraction of sp³-hybridized carbons (Fsp3) is 0.422. The Balaban J connectivity index is 0.980. The minimum atomic E-state index is -1.17. The standard InChI is InChI=1S/C90H90F4N8O2S5Se2/c1-9-15-19-21-23-25-27-29-31-35-55-83(69-39-37-53(110-69)41-61-71(67(47-95)97-7)57-43-63(91)65(93)45-59(57)81(61)103)105-89-79-87(107-85(55)89)73-75-76(100-109-99-75)74-78(77(73)101(79)49-51(13-5)33-17-11-3)102(50-52(14-6)34-18-12-4)80-88(74)108-86-56(36-32-30-28-26-24-22-20-16-10-2)84(106-90(80)86)70-40-38-54(111-70)42-62-72(68(48-96)98-8)58-44-64(92)66(94)46-60(58)82(62)104/h37-46,51-52H,9-36,49-50H2,1-6H3/b61-41-,62-42-,71-67+,72-68?. The van der Waals surface area contributed by atoms with Crippen molar-refractivity contribution in [2.75, 3.05) is 0 Å². The van der Waals surface area contributed by atoms with E-state index in [-0.39, 0.29) is 84.9 Å². The molecule has 0 radical (unpaired) electrons. The molecule has 0 saturated carbocycles. The van der Waals surface area contributed by atoms with Crippen molar-refractivity contribution in [1.82, 2.24) is 17.9 Å². The first-order valence-electron chi connectivity index (χ1n) is 40.0. The van der Waals surface area contributed by atoms with Gasteiger partial charge in [-0.1, -0.05) is 26.7 Å². The molecule has 572 valence electrons. The van der Waals surface area contributed by atoms with Crippen molar-refractivity contribution in [3.63, 3.8) is 0 Å². The van der Waals surface area contributed by atoms with Crippen LogP contribution >= 0.6 is 57.1 Å². The van der Waals surface area contributed by atoms with Gasteiger partial charge in [-0.15, -0.1) is 0 Å². The summed E-state index contributed by atoms with van der Waals surface area (Å²) in [6, 6.07) is 15.9. The summed E-state index contributed by atoms with van der Waals surface area (Å²) in [5.74, 6) is -4.97. The number of Topliss-reactive ketones (excluding diaryl/α,β-unsaturated/α-hetero) is 2. The third kappa shape index (κ3) is 15.5. The number of hydrogen-bond donors (Lipinski definition) is 0. The van der Waals surface area contributed by atoms with Crippen molar-refractivity contribution in [3.05, 3.63) is 159 Å². The van der Waals surface area contributed by atoms with E-state index in [0.717, 1.165) is 147 Å². The number of nitriles is 2. The van der Waals surface area contributed by atoms with Crippen molar-refractivity contribution in [2.24, 2.45) is 11.8 Å². The molecule has 2 unspecified atom stereocenters. The average molecular weight is 1710 g/mol. The molecule has 10 nitrogen and oxygen atoms in total. The van der Waals surface area contributed by atoms with Crippen molar-refractivity contribution in [2.45, 2.75) is 234 Å². The van der Waals surface area contributed by atoms with Gasteiger partial charge in [0.1, 0.15) is 0 Å². The van der Waals surface area contributed by atoms with Crippen LogP contribution in [0.4, 0.5) is 17.6 Å². The number of aromatic nitrogens is 4. The fourth-order valence-corrected chi connectivity index (χ4v) is 28.1. The maximum absolute atomic E-state index is 15.0. The van der Waals surface area contributed by atoms with E-state index in [2.05, 4.69) is 72.5 Å². The average Bonchev–Trinajstić information content (AvgIpc) is 1.50. The quantitative estimate of drug-likeness (QED) is 0.00961. The third-order valence-corrected chi connectivity index (χ3v) is 33.6. The molecule has 12 aromatic rings. The molecular formula is C90H90F4N8O2S5Se2. The van der Waals surface area contributed by atoms with E-state index in [1.807, 2.05) is 69.6 Å². The molecule has 3 aromatic carbocycles. The van der Waals surface area contributed by atoms with Crippen LogP contribution in [0.3, 0.4) is 0 Å². The second kappa shape index (κ2) is 35.8. The molecule has 0 saturated heterocycles. The molecule has 2 aliphatic rings. The van der Waals surface area contributed by atoms with Crippen LogP contribution in [0.2, 0.25) is 0 Å². The summed E-state index contributed by atoms with van der Waals surface area (Å²) in [6.07, 6.45) is 35.6. The second-order valence-electron chi connectivity index (χ2n) is 30.0. The van der Waals surface area contributed by atoms with E-state index in [1.165, 1.54) is 192 Å². The predicted molar refractivity (Wildman–Crippen MR) is 459 cm³/mol. The third-order valence-electron chi connectivity index (χ3n) is 22.8. The number of ketones is 2. The first-order valence-corrected chi connectivity index (χ1v) is 47.4. The van der Waals surface area contributed by atoms with Crippen molar-refractivity contribution in [3.8, 4) is 30.8 Å². The van der Waals surface area contributed by atoms with Crippen LogP contribution in [0.15, 0.2) is 71.1 Å². The van der Waals surface area contributed by atoms with Gasteiger partial charge < -0.3 is 0 Å². The molecule has 111 heavy (non-hydrogen) atoms. The van der Waals surface area contributed by atoms with Crippen LogP contribution in [0.25, 0.3) is 124 Å². The Hall–Kier alpha value is -7.62. The number of rotatable bonds is 36. The summed E-state index contributed by atoms with van der Waals surface area (Å²) < 4.78 is 87.7. The fourth-order valence-electron chi connectivity index (χ4n) is 16.9. The maximum atomic E-state index is 15.0. The summed E-state index contributed by atoms with van der Waals surface area (Å²) in [5, 5.41) is 22.8. The molecule has 2 aliphatic carbocycles. The van der Waals surface area contributed by atoms with Crippen molar-refractivity contribution >= 4 is 193 Å². The van der Waals surface area contributed by atoms with Crippen molar-refractivity contribution < 1.29 is 27.2 Å². The summed E-state index contributed by atoms with van der Waals surface area (Å²) in [7, 11) is 0. The van der Waals surface area contributed by atoms with Gasteiger partial charge in [0.2, 0.25) is 0 Å². The number of aryl methyl sites for hydroxylation is 2. The van der Waals surface area contributed by atoms with Gasteiger partial charge in [-0.25, -0.2) is 0 Å². The summed E-state index contributed by atoms with van der Waals surface area (Å²) in [4.78, 5) is 38.0. The summed E-state index contributed by atoms with van der Waals surface area (Å²) in [6.45, 7) is 31.3. The molecule has 0 bridgehead atoms. The Morgan fingerprint density at radius 3 is 1.19 bits per heavy atom. The number of thiophene rings is 4. The molecule has 21 heteroatoms. The van der Waals surface area contributed by atoms with Crippen LogP contribution < -0.4 is 0 Å². The number of carbonyl (C=O) groups excluding carboxylic acids is 2. The normalized spacial score (nSPS) is 15.3. The molecule has 0 aliphatic heterocycles.